The second kappa shape index (κ2) is 4.74. The van der Waals surface area contributed by atoms with Crippen LogP contribution in [0.1, 0.15) is 26.2 Å². The first kappa shape index (κ1) is 10.7. The number of esters is 1. The predicted octanol–water partition coefficient (Wildman–Crippen LogP) is 2.24. The average molecular weight is 193 g/mol. The van der Waals surface area contributed by atoms with E-state index >= 15 is 0 Å². The number of hydrogen-bond acceptors (Lipinski definition) is 3. The zero-order chi connectivity index (χ0) is 10.6. The molecule has 3 nitrogen and oxygen atoms in total. The Hall–Kier alpha value is -1.38. The summed E-state index contributed by atoms with van der Waals surface area (Å²) in [6, 6.07) is 0. The van der Waals surface area contributed by atoms with Gasteiger partial charge in [-0.25, -0.2) is 4.79 Å². The van der Waals surface area contributed by atoms with Gasteiger partial charge in [0, 0.05) is 0 Å². The van der Waals surface area contributed by atoms with Crippen LogP contribution in [-0.4, -0.2) is 18.8 Å². The maximum atomic E-state index is 11.3. The lowest BCUT2D eigenvalue weighted by Crippen LogP contribution is -2.15. The van der Waals surface area contributed by atoms with E-state index in [0.29, 0.717) is 5.57 Å². The molecule has 0 unspecified atom stereocenters. The Labute approximate surface area is 84.0 Å². The van der Waals surface area contributed by atoms with E-state index in [9.17, 15) is 4.79 Å². The molecule has 1 rings (SSSR count). The zero-order valence-electron chi connectivity index (χ0n) is 8.59. The van der Waals surface area contributed by atoms with Crippen LogP contribution in [-0.2, 0) is 9.53 Å². The molecule has 0 aromatic heterocycles. The molecule has 1 aliphatic carbocycles. The lowest BCUT2D eigenvalue weighted by atomic mass is 9.98. The van der Waals surface area contributed by atoms with Crippen LogP contribution >= 0.6 is 0 Å². The topological polar surface area (TPSA) is 50.2 Å². The van der Waals surface area contributed by atoms with Gasteiger partial charge >= 0.3 is 5.97 Å². The van der Waals surface area contributed by atoms with Crippen LogP contribution in [0.15, 0.2) is 23.3 Å². The van der Waals surface area contributed by atoms with E-state index in [2.05, 4.69) is 4.74 Å². The molecule has 0 aromatic carbocycles. The minimum absolute atomic E-state index is 0.288. The molecule has 0 aliphatic heterocycles. The van der Waals surface area contributed by atoms with Gasteiger partial charge < -0.3 is 4.74 Å². The SMILES string of the molecule is COC(=O)C1=CCCCC=C(C)C1=N. The third-order valence-electron chi connectivity index (χ3n) is 2.28. The second-order valence-corrected chi connectivity index (χ2v) is 3.30. The number of allylic oxidation sites excluding steroid dienone is 3. The van der Waals surface area contributed by atoms with Gasteiger partial charge in [0.15, 0.2) is 0 Å². The number of methoxy groups -OCH3 is 1. The average Bonchev–Trinajstić information content (AvgIpc) is 2.19. The van der Waals surface area contributed by atoms with Crippen molar-refractivity contribution in [2.45, 2.75) is 26.2 Å². The van der Waals surface area contributed by atoms with Gasteiger partial charge in [-0.1, -0.05) is 12.2 Å². The van der Waals surface area contributed by atoms with Crippen molar-refractivity contribution in [1.29, 1.82) is 5.41 Å². The van der Waals surface area contributed by atoms with Crippen molar-refractivity contribution in [3.63, 3.8) is 0 Å². The van der Waals surface area contributed by atoms with Crippen LogP contribution in [0.2, 0.25) is 0 Å². The smallest absolute Gasteiger partial charge is 0.339 e. The largest absolute Gasteiger partial charge is 0.465 e. The van der Waals surface area contributed by atoms with Crippen molar-refractivity contribution in [2.75, 3.05) is 7.11 Å². The fourth-order valence-corrected chi connectivity index (χ4v) is 1.39. The molecular formula is C11H15NO2. The Kier molecular flexibility index (Phi) is 3.63. The molecule has 0 amide bonds. The number of ether oxygens (including phenoxy) is 1. The standard InChI is InChI=1S/C11H15NO2/c1-8-6-4-3-5-7-9(10(8)12)11(13)14-2/h6-7,12H,3-5H2,1-2H3. The fraction of sp³-hybridized carbons (Fsp3) is 0.455. The highest BCUT2D eigenvalue weighted by molar-refractivity contribution is 6.25. The number of nitrogens with one attached hydrogen (secondary N) is 1. The lowest BCUT2D eigenvalue weighted by molar-refractivity contribution is -0.135. The van der Waals surface area contributed by atoms with Gasteiger partial charge in [0.05, 0.1) is 18.4 Å². The predicted molar refractivity (Wildman–Crippen MR) is 55.4 cm³/mol. The van der Waals surface area contributed by atoms with Crippen LogP contribution < -0.4 is 0 Å². The molecule has 0 radical (unpaired) electrons. The molecule has 14 heavy (non-hydrogen) atoms. The van der Waals surface area contributed by atoms with E-state index in [4.69, 9.17) is 5.41 Å². The van der Waals surface area contributed by atoms with Gasteiger partial charge in [0.2, 0.25) is 0 Å². The summed E-state index contributed by atoms with van der Waals surface area (Å²) < 4.78 is 4.63. The summed E-state index contributed by atoms with van der Waals surface area (Å²) in [4.78, 5) is 11.3. The molecule has 0 aromatic rings. The van der Waals surface area contributed by atoms with Crippen LogP contribution in [0.5, 0.6) is 0 Å². The maximum Gasteiger partial charge on any atom is 0.339 e. The van der Waals surface area contributed by atoms with Crippen molar-refractivity contribution in [3.8, 4) is 0 Å². The molecule has 0 saturated carbocycles. The lowest BCUT2D eigenvalue weighted by Gasteiger charge is -2.10. The summed E-state index contributed by atoms with van der Waals surface area (Å²) >= 11 is 0. The molecule has 0 bridgehead atoms. The molecular weight excluding hydrogens is 178 g/mol. The van der Waals surface area contributed by atoms with Gasteiger partial charge in [-0.3, -0.25) is 5.41 Å². The molecule has 1 aliphatic rings. The van der Waals surface area contributed by atoms with Crippen LogP contribution in [0.4, 0.5) is 0 Å². The normalized spacial score (nSPS) is 17.7. The van der Waals surface area contributed by atoms with Crippen LogP contribution in [0.3, 0.4) is 0 Å². The van der Waals surface area contributed by atoms with Gasteiger partial charge in [-0.2, -0.15) is 0 Å². The van der Waals surface area contributed by atoms with Crippen LogP contribution in [0.25, 0.3) is 0 Å². The Morgan fingerprint density at radius 2 is 2.07 bits per heavy atom. The Balaban J connectivity index is 2.95. The molecule has 0 fully saturated rings. The highest BCUT2D eigenvalue weighted by atomic mass is 16.5. The summed E-state index contributed by atoms with van der Waals surface area (Å²) in [6.07, 6.45) is 6.61. The minimum atomic E-state index is -0.412. The summed E-state index contributed by atoms with van der Waals surface area (Å²) in [5, 5.41) is 7.79. The quantitative estimate of drug-likeness (QED) is 0.649. The monoisotopic (exact) mass is 193 g/mol. The first-order valence-corrected chi connectivity index (χ1v) is 4.71. The minimum Gasteiger partial charge on any atom is -0.465 e. The van der Waals surface area contributed by atoms with Gasteiger partial charge in [0.1, 0.15) is 0 Å². The molecule has 76 valence electrons. The molecule has 0 atom stereocenters. The molecule has 0 spiro atoms. The first-order valence-electron chi connectivity index (χ1n) is 4.71. The first-order chi connectivity index (χ1) is 6.66. The van der Waals surface area contributed by atoms with Gasteiger partial charge in [-0.05, 0) is 31.8 Å². The van der Waals surface area contributed by atoms with Crippen molar-refractivity contribution < 1.29 is 9.53 Å². The Bertz CT molecular complexity index is 313. The number of carbonyl (C=O) groups is 1. The summed E-state index contributed by atoms with van der Waals surface area (Å²) in [7, 11) is 1.34. The molecule has 0 saturated heterocycles. The number of hydrogen-bond donors (Lipinski definition) is 1. The third-order valence-corrected chi connectivity index (χ3v) is 2.28. The summed E-state index contributed by atoms with van der Waals surface area (Å²) in [6.45, 7) is 1.85. The maximum absolute atomic E-state index is 11.3. The van der Waals surface area contributed by atoms with Crippen molar-refractivity contribution in [2.24, 2.45) is 0 Å². The summed E-state index contributed by atoms with van der Waals surface area (Å²) in [5.74, 6) is -0.412. The zero-order valence-corrected chi connectivity index (χ0v) is 8.59. The van der Waals surface area contributed by atoms with Crippen LogP contribution in [0, 0.1) is 5.41 Å². The van der Waals surface area contributed by atoms with Gasteiger partial charge in [0.25, 0.3) is 0 Å². The molecule has 3 heteroatoms. The van der Waals surface area contributed by atoms with E-state index in [1.54, 1.807) is 6.08 Å². The highest BCUT2D eigenvalue weighted by Gasteiger charge is 2.16. The number of carbonyl (C=O) groups excluding carboxylic acids is 1. The Morgan fingerprint density at radius 1 is 1.43 bits per heavy atom. The van der Waals surface area contributed by atoms with Crippen molar-refractivity contribution in [3.05, 3.63) is 23.3 Å². The van der Waals surface area contributed by atoms with E-state index in [1.807, 2.05) is 13.0 Å². The number of rotatable bonds is 1. The van der Waals surface area contributed by atoms with Crippen molar-refractivity contribution >= 4 is 11.7 Å². The van der Waals surface area contributed by atoms with E-state index in [0.717, 1.165) is 24.8 Å². The molecule has 0 heterocycles. The fourth-order valence-electron chi connectivity index (χ4n) is 1.39. The van der Waals surface area contributed by atoms with Gasteiger partial charge in [-0.15, -0.1) is 0 Å². The van der Waals surface area contributed by atoms with E-state index in [-0.39, 0.29) is 5.71 Å². The third kappa shape index (κ3) is 2.31. The Morgan fingerprint density at radius 3 is 2.71 bits per heavy atom. The van der Waals surface area contributed by atoms with Crippen molar-refractivity contribution in [1.82, 2.24) is 0 Å². The highest BCUT2D eigenvalue weighted by Crippen LogP contribution is 2.15. The van der Waals surface area contributed by atoms with E-state index < -0.39 is 5.97 Å². The second-order valence-electron chi connectivity index (χ2n) is 3.30. The van der Waals surface area contributed by atoms with E-state index in [1.165, 1.54) is 7.11 Å². The molecule has 1 N–H and O–H groups in total. The summed E-state index contributed by atoms with van der Waals surface area (Å²) in [5.41, 5.74) is 1.53.